The summed E-state index contributed by atoms with van der Waals surface area (Å²) in [6.07, 6.45) is 3.91. The summed E-state index contributed by atoms with van der Waals surface area (Å²) in [6.45, 7) is 3.06. The predicted octanol–water partition coefficient (Wildman–Crippen LogP) is -0.264. The summed E-state index contributed by atoms with van der Waals surface area (Å²) >= 11 is 0. The van der Waals surface area contributed by atoms with Gasteiger partial charge in [-0.05, 0) is 26.2 Å². The van der Waals surface area contributed by atoms with E-state index in [1.807, 2.05) is 6.92 Å². The minimum Gasteiger partial charge on any atom is -0.454 e. The van der Waals surface area contributed by atoms with Gasteiger partial charge in [0.25, 0.3) is 5.91 Å². The van der Waals surface area contributed by atoms with Crippen molar-refractivity contribution in [2.24, 2.45) is 11.8 Å². The molecule has 0 aromatic carbocycles. The molecule has 1 heterocycles. The van der Waals surface area contributed by atoms with Crippen molar-refractivity contribution in [3.63, 3.8) is 0 Å². The molecule has 3 atom stereocenters. The van der Waals surface area contributed by atoms with Crippen LogP contribution in [-0.2, 0) is 28.7 Å². The summed E-state index contributed by atoms with van der Waals surface area (Å²) in [5, 5.41) is 4.94. The Morgan fingerprint density at radius 2 is 1.67 bits per heavy atom. The average Bonchev–Trinajstić information content (AvgIpc) is 2.93. The van der Waals surface area contributed by atoms with Gasteiger partial charge in [-0.25, -0.2) is 4.79 Å². The number of nitrogens with zero attached hydrogens (tertiary/aromatic N) is 1. The van der Waals surface area contributed by atoms with Gasteiger partial charge in [-0.1, -0.05) is 19.8 Å². The second-order valence-electron chi connectivity index (χ2n) is 6.95. The van der Waals surface area contributed by atoms with Gasteiger partial charge in [-0.2, -0.15) is 0 Å². The molecule has 0 aromatic rings. The highest BCUT2D eigenvalue weighted by Crippen LogP contribution is 2.38. The van der Waals surface area contributed by atoms with Crippen LogP contribution < -0.4 is 10.6 Å². The zero-order chi connectivity index (χ0) is 20.0. The third kappa shape index (κ3) is 5.05. The van der Waals surface area contributed by atoms with E-state index in [9.17, 15) is 24.0 Å². The lowest BCUT2D eigenvalue weighted by molar-refractivity contribution is -0.159. The summed E-state index contributed by atoms with van der Waals surface area (Å²) in [4.78, 5) is 61.2. The van der Waals surface area contributed by atoms with Crippen LogP contribution in [0.15, 0.2) is 0 Å². The van der Waals surface area contributed by atoms with E-state index in [0.717, 1.165) is 24.2 Å². The molecular formula is C18H27N3O6. The van der Waals surface area contributed by atoms with Crippen LogP contribution in [0.5, 0.6) is 0 Å². The monoisotopic (exact) mass is 381 g/mol. The van der Waals surface area contributed by atoms with Crippen molar-refractivity contribution in [3.8, 4) is 0 Å². The summed E-state index contributed by atoms with van der Waals surface area (Å²) < 4.78 is 4.91. The fraction of sp³-hybridized carbons (Fsp3) is 0.722. The average molecular weight is 381 g/mol. The van der Waals surface area contributed by atoms with Gasteiger partial charge in [-0.15, -0.1) is 0 Å². The fourth-order valence-electron chi connectivity index (χ4n) is 3.49. The first-order valence-corrected chi connectivity index (χ1v) is 9.43. The van der Waals surface area contributed by atoms with Crippen LogP contribution in [0.25, 0.3) is 0 Å². The Hall–Kier alpha value is -2.45. The number of amides is 4. The first-order valence-electron chi connectivity index (χ1n) is 9.43. The number of carbonyl (C=O) groups is 5. The van der Waals surface area contributed by atoms with Crippen LogP contribution in [0.2, 0.25) is 0 Å². The van der Waals surface area contributed by atoms with Crippen molar-refractivity contribution < 1.29 is 28.7 Å². The molecule has 27 heavy (non-hydrogen) atoms. The molecule has 2 fully saturated rings. The van der Waals surface area contributed by atoms with E-state index < -0.39 is 24.5 Å². The maximum Gasteiger partial charge on any atom is 0.329 e. The first-order chi connectivity index (χ1) is 12.9. The molecule has 9 nitrogen and oxygen atoms in total. The molecule has 150 valence electrons. The van der Waals surface area contributed by atoms with Gasteiger partial charge >= 0.3 is 5.97 Å². The Balaban J connectivity index is 1.80. The Morgan fingerprint density at radius 1 is 1.07 bits per heavy atom. The van der Waals surface area contributed by atoms with Gasteiger partial charge < -0.3 is 15.4 Å². The van der Waals surface area contributed by atoms with Crippen molar-refractivity contribution in [2.75, 3.05) is 19.7 Å². The van der Waals surface area contributed by atoms with Crippen molar-refractivity contribution in [2.45, 2.75) is 52.0 Å². The Labute approximate surface area is 158 Å². The van der Waals surface area contributed by atoms with Crippen LogP contribution in [0, 0.1) is 11.8 Å². The summed E-state index contributed by atoms with van der Waals surface area (Å²) in [5.41, 5.74) is 0. The highest BCUT2D eigenvalue weighted by Gasteiger charge is 2.51. The number of rotatable bonds is 8. The maximum atomic E-state index is 12.5. The molecule has 0 unspecified atom stereocenters. The second kappa shape index (κ2) is 9.48. The number of esters is 1. The SMILES string of the molecule is CCCNC(=O)CNC(=O)COC(=O)[C@H](C)N1C(=O)[C@H]2CCCC[C@H]2C1=O. The number of likely N-dealkylation sites (tertiary alicyclic amines) is 1. The molecule has 2 rings (SSSR count). The lowest BCUT2D eigenvalue weighted by Crippen LogP contribution is -2.45. The Bertz CT molecular complexity index is 596. The normalized spacial score (nSPS) is 22.8. The quantitative estimate of drug-likeness (QED) is 0.441. The van der Waals surface area contributed by atoms with E-state index in [2.05, 4.69) is 10.6 Å². The molecular weight excluding hydrogens is 354 g/mol. The molecule has 9 heteroatoms. The third-order valence-corrected chi connectivity index (χ3v) is 4.97. The van der Waals surface area contributed by atoms with Crippen molar-refractivity contribution in [1.82, 2.24) is 15.5 Å². The van der Waals surface area contributed by atoms with Crippen LogP contribution in [0.4, 0.5) is 0 Å². The number of nitrogens with one attached hydrogen (secondary N) is 2. The van der Waals surface area contributed by atoms with Crippen LogP contribution >= 0.6 is 0 Å². The van der Waals surface area contributed by atoms with Gasteiger partial charge in [0.15, 0.2) is 6.61 Å². The Morgan fingerprint density at radius 3 is 2.22 bits per heavy atom. The van der Waals surface area contributed by atoms with Crippen LogP contribution in [0.3, 0.4) is 0 Å². The smallest absolute Gasteiger partial charge is 0.329 e. The minimum absolute atomic E-state index is 0.210. The van der Waals surface area contributed by atoms with Gasteiger partial charge in [0.05, 0.1) is 18.4 Å². The molecule has 0 bridgehead atoms. The standard InChI is InChI=1S/C18H27N3O6/c1-3-8-19-14(22)9-20-15(23)10-27-18(26)11(2)21-16(24)12-6-4-5-7-13(12)17(21)25/h11-13H,3-10H2,1-2H3,(H,19,22)(H,20,23)/t11-,12-,13+/m0/s1. The molecule has 0 radical (unpaired) electrons. The largest absolute Gasteiger partial charge is 0.454 e. The molecule has 1 aliphatic carbocycles. The third-order valence-electron chi connectivity index (χ3n) is 4.97. The maximum absolute atomic E-state index is 12.5. The van der Waals surface area contributed by atoms with Gasteiger partial charge in [0.1, 0.15) is 6.04 Å². The van der Waals surface area contributed by atoms with E-state index in [4.69, 9.17) is 4.74 Å². The number of imide groups is 1. The number of carbonyl (C=O) groups excluding carboxylic acids is 5. The number of ether oxygens (including phenoxy) is 1. The van der Waals surface area contributed by atoms with E-state index >= 15 is 0 Å². The van der Waals surface area contributed by atoms with Gasteiger partial charge in [0, 0.05) is 6.54 Å². The van der Waals surface area contributed by atoms with Crippen molar-refractivity contribution in [3.05, 3.63) is 0 Å². The van der Waals surface area contributed by atoms with Crippen LogP contribution in [0.1, 0.15) is 46.0 Å². The van der Waals surface area contributed by atoms with E-state index in [1.54, 1.807) is 0 Å². The van der Waals surface area contributed by atoms with E-state index in [-0.39, 0.29) is 36.1 Å². The number of fused-ring (bicyclic) bond motifs is 1. The molecule has 2 N–H and O–H groups in total. The molecule has 2 aliphatic rings. The molecule has 1 saturated heterocycles. The van der Waals surface area contributed by atoms with Gasteiger partial charge in [-0.3, -0.25) is 24.1 Å². The van der Waals surface area contributed by atoms with E-state index in [0.29, 0.717) is 19.4 Å². The number of hydrogen-bond acceptors (Lipinski definition) is 6. The zero-order valence-electron chi connectivity index (χ0n) is 15.8. The molecule has 0 spiro atoms. The highest BCUT2D eigenvalue weighted by molar-refractivity contribution is 6.07. The minimum atomic E-state index is -1.07. The number of hydrogen-bond donors (Lipinski definition) is 2. The summed E-state index contributed by atoms with van der Waals surface area (Å²) in [6, 6.07) is -1.07. The molecule has 1 saturated carbocycles. The summed E-state index contributed by atoms with van der Waals surface area (Å²) in [7, 11) is 0. The molecule has 1 aliphatic heterocycles. The first kappa shape index (κ1) is 20.9. The summed E-state index contributed by atoms with van der Waals surface area (Å²) in [5.74, 6) is -3.12. The lowest BCUT2D eigenvalue weighted by atomic mass is 9.81. The van der Waals surface area contributed by atoms with Gasteiger partial charge in [0.2, 0.25) is 17.7 Å². The van der Waals surface area contributed by atoms with E-state index in [1.165, 1.54) is 6.92 Å². The zero-order valence-corrected chi connectivity index (χ0v) is 15.8. The predicted molar refractivity (Wildman–Crippen MR) is 94.0 cm³/mol. The van der Waals surface area contributed by atoms with Crippen molar-refractivity contribution in [1.29, 1.82) is 0 Å². The topological polar surface area (TPSA) is 122 Å². The van der Waals surface area contributed by atoms with Crippen LogP contribution in [-0.4, -0.2) is 60.2 Å². The fourth-order valence-corrected chi connectivity index (χ4v) is 3.49. The molecule has 4 amide bonds. The highest BCUT2D eigenvalue weighted by atomic mass is 16.5. The van der Waals surface area contributed by atoms with Crippen molar-refractivity contribution >= 4 is 29.6 Å². The Kier molecular flexibility index (Phi) is 7.32. The molecule has 0 aromatic heterocycles. The second-order valence-corrected chi connectivity index (χ2v) is 6.95. The lowest BCUT2D eigenvalue weighted by Gasteiger charge is -2.21.